The first-order valence-corrected chi connectivity index (χ1v) is 7.94. The highest BCUT2D eigenvalue weighted by molar-refractivity contribution is 5.79. The topological polar surface area (TPSA) is 41.9 Å². The van der Waals surface area contributed by atoms with E-state index in [0.717, 1.165) is 40.6 Å². The van der Waals surface area contributed by atoms with E-state index < -0.39 is 0 Å². The fraction of sp³-hybridized carbons (Fsp3) is 0.211. The summed E-state index contributed by atoms with van der Waals surface area (Å²) in [6.45, 7) is 9.08. The standard InChI is InChI=1S/C19H20N4/c1-12(2)19-22-17-6-4-5-7-18(17)23(19)15-8-9-16-14(10-15)11-20-13(3)21-16/h4-10,12,20-21H,3,11H2,1-2H3. The number of nitrogens with one attached hydrogen (secondary N) is 2. The number of imidazole rings is 1. The molecule has 0 unspecified atom stereocenters. The molecular formula is C19H20N4. The zero-order valence-electron chi connectivity index (χ0n) is 13.4. The highest BCUT2D eigenvalue weighted by Crippen LogP contribution is 2.29. The van der Waals surface area contributed by atoms with Crippen molar-refractivity contribution >= 4 is 16.7 Å². The molecule has 0 radical (unpaired) electrons. The van der Waals surface area contributed by atoms with Gasteiger partial charge in [-0.3, -0.25) is 4.57 Å². The highest BCUT2D eigenvalue weighted by atomic mass is 15.1. The minimum Gasteiger partial charge on any atom is -0.368 e. The SMILES string of the molecule is C=C1NCc2cc(-n3c(C(C)C)nc4ccccc43)ccc2N1. The predicted molar refractivity (Wildman–Crippen MR) is 94.8 cm³/mol. The molecule has 23 heavy (non-hydrogen) atoms. The van der Waals surface area contributed by atoms with Crippen LogP contribution in [0.2, 0.25) is 0 Å². The van der Waals surface area contributed by atoms with Gasteiger partial charge in [0.1, 0.15) is 5.82 Å². The van der Waals surface area contributed by atoms with Crippen molar-refractivity contribution in [1.29, 1.82) is 0 Å². The molecule has 0 saturated carbocycles. The summed E-state index contributed by atoms with van der Waals surface area (Å²) in [5, 5.41) is 6.53. The maximum absolute atomic E-state index is 4.83. The van der Waals surface area contributed by atoms with Gasteiger partial charge in [-0.25, -0.2) is 4.98 Å². The van der Waals surface area contributed by atoms with Crippen LogP contribution < -0.4 is 10.6 Å². The molecule has 2 aromatic carbocycles. The number of hydrogen-bond acceptors (Lipinski definition) is 3. The lowest BCUT2D eigenvalue weighted by molar-refractivity contribution is 0.756. The Labute approximate surface area is 135 Å². The smallest absolute Gasteiger partial charge is 0.117 e. The van der Waals surface area contributed by atoms with Crippen LogP contribution in [0.15, 0.2) is 54.9 Å². The van der Waals surface area contributed by atoms with Gasteiger partial charge in [-0.05, 0) is 35.9 Å². The maximum atomic E-state index is 4.83. The second-order valence-corrected chi connectivity index (χ2v) is 6.25. The van der Waals surface area contributed by atoms with Crippen LogP contribution in [-0.4, -0.2) is 9.55 Å². The van der Waals surface area contributed by atoms with E-state index in [4.69, 9.17) is 4.98 Å². The average Bonchev–Trinajstić information content (AvgIpc) is 2.94. The number of benzene rings is 2. The number of para-hydroxylation sites is 2. The molecular weight excluding hydrogens is 284 g/mol. The van der Waals surface area contributed by atoms with E-state index in [1.165, 1.54) is 5.56 Å². The van der Waals surface area contributed by atoms with Gasteiger partial charge >= 0.3 is 0 Å². The first-order chi connectivity index (χ1) is 11.1. The van der Waals surface area contributed by atoms with Crippen LogP contribution in [0, 0.1) is 0 Å². The molecule has 4 heteroatoms. The minimum atomic E-state index is 0.356. The molecule has 0 amide bonds. The molecule has 2 heterocycles. The fourth-order valence-corrected chi connectivity index (χ4v) is 3.10. The van der Waals surface area contributed by atoms with E-state index in [1.54, 1.807) is 0 Å². The Morgan fingerprint density at radius 2 is 2.00 bits per heavy atom. The minimum absolute atomic E-state index is 0.356. The normalized spacial score (nSPS) is 13.8. The number of anilines is 1. The molecule has 1 aromatic heterocycles. The summed E-state index contributed by atoms with van der Waals surface area (Å²) in [6.07, 6.45) is 0. The van der Waals surface area contributed by atoms with Gasteiger partial charge in [-0.15, -0.1) is 0 Å². The summed E-state index contributed by atoms with van der Waals surface area (Å²) in [6, 6.07) is 14.8. The molecule has 0 atom stereocenters. The third-order valence-corrected chi connectivity index (χ3v) is 4.23. The summed E-state index contributed by atoms with van der Waals surface area (Å²) in [7, 11) is 0. The Balaban J connectivity index is 1.92. The van der Waals surface area contributed by atoms with Gasteiger partial charge in [0.25, 0.3) is 0 Å². The molecule has 0 spiro atoms. The van der Waals surface area contributed by atoms with Gasteiger partial charge < -0.3 is 10.6 Å². The molecule has 1 aliphatic rings. The molecule has 1 aliphatic heterocycles. The van der Waals surface area contributed by atoms with Gasteiger partial charge in [-0.2, -0.15) is 0 Å². The molecule has 4 rings (SSSR count). The molecule has 0 fully saturated rings. The highest BCUT2D eigenvalue weighted by Gasteiger charge is 2.17. The van der Waals surface area contributed by atoms with Crippen molar-refractivity contribution in [2.45, 2.75) is 26.3 Å². The maximum Gasteiger partial charge on any atom is 0.117 e. The Hall–Kier alpha value is -2.75. The second-order valence-electron chi connectivity index (χ2n) is 6.25. The quantitative estimate of drug-likeness (QED) is 0.748. The number of rotatable bonds is 2. The number of fused-ring (bicyclic) bond motifs is 2. The van der Waals surface area contributed by atoms with E-state index in [2.05, 4.69) is 72.0 Å². The van der Waals surface area contributed by atoms with Crippen LogP contribution in [0.3, 0.4) is 0 Å². The Bertz CT molecular complexity index is 905. The Kier molecular flexibility index (Phi) is 3.11. The molecule has 2 N–H and O–H groups in total. The number of hydrogen-bond donors (Lipinski definition) is 2. The average molecular weight is 304 g/mol. The first kappa shape index (κ1) is 13.9. The van der Waals surface area contributed by atoms with Crippen molar-refractivity contribution in [1.82, 2.24) is 14.9 Å². The van der Waals surface area contributed by atoms with Crippen LogP contribution in [0.5, 0.6) is 0 Å². The lowest BCUT2D eigenvalue weighted by atomic mass is 10.1. The lowest BCUT2D eigenvalue weighted by Gasteiger charge is -2.23. The lowest BCUT2D eigenvalue weighted by Crippen LogP contribution is -2.24. The zero-order valence-corrected chi connectivity index (χ0v) is 13.4. The van der Waals surface area contributed by atoms with Gasteiger partial charge in [0, 0.05) is 23.8 Å². The summed E-state index contributed by atoms with van der Waals surface area (Å²) in [5.74, 6) is 2.29. The zero-order chi connectivity index (χ0) is 16.0. The first-order valence-electron chi connectivity index (χ1n) is 7.94. The summed E-state index contributed by atoms with van der Waals surface area (Å²) in [5.41, 5.74) is 5.70. The van der Waals surface area contributed by atoms with Crippen molar-refractivity contribution in [3.05, 3.63) is 66.3 Å². The van der Waals surface area contributed by atoms with Crippen LogP contribution >= 0.6 is 0 Å². The molecule has 0 aliphatic carbocycles. The molecule has 116 valence electrons. The molecule has 0 saturated heterocycles. The Morgan fingerprint density at radius 3 is 2.83 bits per heavy atom. The van der Waals surface area contributed by atoms with E-state index in [0.29, 0.717) is 5.92 Å². The van der Waals surface area contributed by atoms with Crippen molar-refractivity contribution < 1.29 is 0 Å². The summed E-state index contributed by atoms with van der Waals surface area (Å²) >= 11 is 0. The van der Waals surface area contributed by atoms with Crippen molar-refractivity contribution in [3.8, 4) is 5.69 Å². The van der Waals surface area contributed by atoms with Gasteiger partial charge in [-0.1, -0.05) is 32.6 Å². The van der Waals surface area contributed by atoms with Gasteiger partial charge in [0.15, 0.2) is 0 Å². The largest absolute Gasteiger partial charge is 0.368 e. The second kappa shape index (κ2) is 5.16. The molecule has 4 nitrogen and oxygen atoms in total. The number of nitrogens with zero attached hydrogens (tertiary/aromatic N) is 2. The summed E-state index contributed by atoms with van der Waals surface area (Å²) < 4.78 is 2.27. The van der Waals surface area contributed by atoms with Crippen molar-refractivity contribution in [3.63, 3.8) is 0 Å². The van der Waals surface area contributed by atoms with Gasteiger partial charge in [0.2, 0.25) is 0 Å². The number of aromatic nitrogens is 2. The van der Waals surface area contributed by atoms with Crippen LogP contribution in [0.4, 0.5) is 5.69 Å². The van der Waals surface area contributed by atoms with Crippen molar-refractivity contribution in [2.24, 2.45) is 0 Å². The Morgan fingerprint density at radius 1 is 1.17 bits per heavy atom. The van der Waals surface area contributed by atoms with E-state index in [-0.39, 0.29) is 0 Å². The van der Waals surface area contributed by atoms with Crippen LogP contribution in [0.25, 0.3) is 16.7 Å². The predicted octanol–water partition coefficient (Wildman–Crippen LogP) is 4.14. The third kappa shape index (κ3) is 2.27. The molecule has 0 bridgehead atoms. The third-order valence-electron chi connectivity index (χ3n) is 4.23. The fourth-order valence-electron chi connectivity index (χ4n) is 3.10. The van der Waals surface area contributed by atoms with Gasteiger partial charge in [0.05, 0.1) is 16.9 Å². The van der Waals surface area contributed by atoms with Crippen LogP contribution in [-0.2, 0) is 6.54 Å². The van der Waals surface area contributed by atoms with E-state index in [1.807, 2.05) is 6.07 Å². The van der Waals surface area contributed by atoms with Crippen molar-refractivity contribution in [2.75, 3.05) is 5.32 Å². The summed E-state index contributed by atoms with van der Waals surface area (Å²) in [4.78, 5) is 4.83. The van der Waals surface area contributed by atoms with E-state index >= 15 is 0 Å². The van der Waals surface area contributed by atoms with E-state index in [9.17, 15) is 0 Å². The monoisotopic (exact) mass is 304 g/mol. The molecule has 3 aromatic rings. The van der Waals surface area contributed by atoms with Crippen LogP contribution in [0.1, 0.15) is 31.2 Å².